The molecule has 1 saturated heterocycles. The third-order valence-electron chi connectivity index (χ3n) is 7.97. The minimum atomic E-state index is -4.91. The SMILES string of the molecule is C=CC(=O)N1C[C@H](C)N(c2nc(OCCCN(C)C)nc3c(F)c(-c4c(C)ccc5[nH]ncc45)c(C(F)(F)F)cc23)C[C@H]1C. The highest BCUT2D eigenvalue weighted by atomic mass is 19.4. The predicted molar refractivity (Wildman–Crippen MR) is 161 cm³/mol. The molecule has 1 N–H and O–H groups in total. The zero-order chi connectivity index (χ0) is 31.9. The number of benzene rings is 2. The number of hydrogen-bond donors (Lipinski definition) is 1. The maximum Gasteiger partial charge on any atom is 0.417 e. The summed E-state index contributed by atoms with van der Waals surface area (Å²) in [7, 11) is 3.84. The van der Waals surface area contributed by atoms with Crippen molar-refractivity contribution in [2.75, 3.05) is 45.2 Å². The van der Waals surface area contributed by atoms with Gasteiger partial charge in [-0.3, -0.25) is 9.89 Å². The number of alkyl halides is 3. The first kappa shape index (κ1) is 31.2. The smallest absolute Gasteiger partial charge is 0.417 e. The van der Waals surface area contributed by atoms with Crippen molar-refractivity contribution in [1.82, 2.24) is 30.0 Å². The zero-order valence-electron chi connectivity index (χ0n) is 25.3. The summed E-state index contributed by atoms with van der Waals surface area (Å²) in [6.07, 6.45) is -1.66. The highest BCUT2D eigenvalue weighted by Gasteiger charge is 2.39. The Balaban J connectivity index is 1.75. The first-order valence-corrected chi connectivity index (χ1v) is 14.3. The lowest BCUT2D eigenvalue weighted by atomic mass is 9.91. The number of rotatable bonds is 8. The van der Waals surface area contributed by atoms with E-state index in [1.54, 1.807) is 28.9 Å². The van der Waals surface area contributed by atoms with E-state index in [1.165, 1.54) is 12.3 Å². The Hall–Kier alpha value is -4.26. The van der Waals surface area contributed by atoms with Gasteiger partial charge in [-0.1, -0.05) is 12.6 Å². The van der Waals surface area contributed by atoms with Crippen molar-refractivity contribution >= 4 is 33.5 Å². The first-order valence-electron chi connectivity index (χ1n) is 14.3. The van der Waals surface area contributed by atoms with Gasteiger partial charge in [-0.25, -0.2) is 4.39 Å². The third-order valence-corrected chi connectivity index (χ3v) is 7.97. The molecule has 1 fully saturated rings. The lowest BCUT2D eigenvalue weighted by Gasteiger charge is -2.44. The van der Waals surface area contributed by atoms with Crippen LogP contribution in [0.15, 0.2) is 37.1 Å². The Morgan fingerprint density at radius 2 is 1.91 bits per heavy atom. The Kier molecular flexibility index (Phi) is 8.52. The second-order valence-electron chi connectivity index (χ2n) is 11.5. The predicted octanol–water partition coefficient (Wildman–Crippen LogP) is 5.58. The lowest BCUT2D eigenvalue weighted by Crippen LogP contribution is -2.58. The number of amides is 1. The topological polar surface area (TPSA) is 90.5 Å². The van der Waals surface area contributed by atoms with E-state index in [1.807, 2.05) is 32.8 Å². The van der Waals surface area contributed by atoms with Crippen molar-refractivity contribution in [2.24, 2.45) is 0 Å². The molecule has 1 aliphatic rings. The van der Waals surface area contributed by atoms with E-state index >= 15 is 4.39 Å². The van der Waals surface area contributed by atoms with Crippen LogP contribution in [0.2, 0.25) is 0 Å². The number of anilines is 1. The summed E-state index contributed by atoms with van der Waals surface area (Å²) in [5.74, 6) is -1.27. The van der Waals surface area contributed by atoms with E-state index in [-0.39, 0.29) is 66.0 Å². The van der Waals surface area contributed by atoms with Crippen LogP contribution in [0.25, 0.3) is 32.9 Å². The van der Waals surface area contributed by atoms with E-state index in [2.05, 4.69) is 26.7 Å². The van der Waals surface area contributed by atoms with Crippen LogP contribution in [0, 0.1) is 12.7 Å². The summed E-state index contributed by atoms with van der Waals surface area (Å²) in [4.78, 5) is 26.8. The number of H-pyrrole nitrogens is 1. The molecular formula is C31H35F4N7O2. The van der Waals surface area contributed by atoms with Gasteiger partial charge >= 0.3 is 12.2 Å². The Labute approximate surface area is 252 Å². The van der Waals surface area contributed by atoms with Crippen LogP contribution in [-0.4, -0.2) is 88.3 Å². The standard InChI is InChI=1S/C31H35F4N7O2/c1-7-24(43)41-15-19(4)42(16-18(41)3)29-20-13-22(31(33,34)35)26(25-17(2)9-10-23-21(25)14-36-39-23)27(32)28(20)37-30(38-29)44-12-8-11-40(5)6/h7,9-10,13-14,18-19H,1,8,11-12,15-16H2,2-6H3,(H,36,39)/t18-,19+/m1/s1. The fraction of sp³-hybridized carbons (Fsp3) is 0.419. The van der Waals surface area contributed by atoms with Crippen molar-refractivity contribution in [3.63, 3.8) is 0 Å². The van der Waals surface area contributed by atoms with Gasteiger partial charge in [0.1, 0.15) is 11.3 Å². The molecule has 13 heteroatoms. The average Bonchev–Trinajstić information content (AvgIpc) is 3.44. The van der Waals surface area contributed by atoms with E-state index in [4.69, 9.17) is 4.74 Å². The molecule has 2 atom stereocenters. The van der Waals surface area contributed by atoms with E-state index < -0.39 is 23.1 Å². The highest BCUT2D eigenvalue weighted by molar-refractivity contribution is 6.02. The number of aromatic nitrogens is 4. The van der Waals surface area contributed by atoms with Crippen LogP contribution in [0.4, 0.5) is 23.4 Å². The molecule has 9 nitrogen and oxygen atoms in total. The molecule has 44 heavy (non-hydrogen) atoms. The second kappa shape index (κ2) is 12.0. The van der Waals surface area contributed by atoms with Crippen molar-refractivity contribution in [3.05, 3.63) is 54.0 Å². The molecule has 0 bridgehead atoms. The van der Waals surface area contributed by atoms with Gasteiger partial charge in [0.25, 0.3) is 0 Å². The quantitative estimate of drug-likeness (QED) is 0.158. The van der Waals surface area contributed by atoms with Crippen molar-refractivity contribution < 1.29 is 27.1 Å². The number of carbonyl (C=O) groups is 1. The number of halogens is 4. The molecule has 234 valence electrons. The summed E-state index contributed by atoms with van der Waals surface area (Å²) in [6.45, 7) is 10.3. The molecule has 2 aromatic heterocycles. The normalized spacial score (nSPS) is 17.6. The summed E-state index contributed by atoms with van der Waals surface area (Å²) >= 11 is 0. The van der Waals surface area contributed by atoms with Gasteiger partial charge in [-0.05, 0) is 70.6 Å². The number of ether oxygens (including phenoxy) is 1. The van der Waals surface area contributed by atoms with E-state index in [0.717, 1.165) is 12.6 Å². The first-order chi connectivity index (χ1) is 20.8. The van der Waals surface area contributed by atoms with Gasteiger partial charge in [0.05, 0.1) is 23.9 Å². The van der Waals surface area contributed by atoms with Gasteiger partial charge in [0.15, 0.2) is 5.82 Å². The van der Waals surface area contributed by atoms with Gasteiger partial charge in [-0.2, -0.15) is 28.2 Å². The fourth-order valence-corrected chi connectivity index (χ4v) is 5.79. The van der Waals surface area contributed by atoms with Crippen LogP contribution in [0.3, 0.4) is 0 Å². The Bertz CT molecular complexity index is 1720. The molecule has 0 spiro atoms. The van der Waals surface area contributed by atoms with Crippen LogP contribution >= 0.6 is 0 Å². The third kappa shape index (κ3) is 5.80. The molecular weight excluding hydrogens is 578 g/mol. The average molecular weight is 614 g/mol. The molecule has 0 radical (unpaired) electrons. The second-order valence-corrected chi connectivity index (χ2v) is 11.5. The number of aromatic amines is 1. The number of nitrogens with one attached hydrogen (secondary N) is 1. The Morgan fingerprint density at radius 1 is 1.16 bits per heavy atom. The number of nitrogens with zero attached hydrogens (tertiary/aromatic N) is 6. The maximum absolute atomic E-state index is 16.8. The van der Waals surface area contributed by atoms with Gasteiger partial charge in [0.2, 0.25) is 5.91 Å². The van der Waals surface area contributed by atoms with Crippen LogP contribution in [0.1, 0.15) is 31.4 Å². The monoisotopic (exact) mass is 613 g/mol. The van der Waals surface area contributed by atoms with Crippen LogP contribution < -0.4 is 9.64 Å². The summed E-state index contributed by atoms with van der Waals surface area (Å²) < 4.78 is 67.1. The van der Waals surface area contributed by atoms with Gasteiger partial charge in [-0.15, -0.1) is 0 Å². The number of fused-ring (bicyclic) bond motifs is 2. The van der Waals surface area contributed by atoms with Crippen molar-refractivity contribution in [3.8, 4) is 17.1 Å². The van der Waals surface area contributed by atoms with E-state index in [0.29, 0.717) is 22.9 Å². The lowest BCUT2D eigenvalue weighted by molar-refractivity contribution is -0.137. The van der Waals surface area contributed by atoms with Crippen molar-refractivity contribution in [1.29, 1.82) is 0 Å². The molecule has 3 heterocycles. The fourth-order valence-electron chi connectivity index (χ4n) is 5.79. The van der Waals surface area contributed by atoms with Gasteiger partial charge < -0.3 is 19.4 Å². The zero-order valence-corrected chi connectivity index (χ0v) is 25.3. The largest absolute Gasteiger partial charge is 0.463 e. The Morgan fingerprint density at radius 3 is 2.59 bits per heavy atom. The molecule has 0 saturated carbocycles. The molecule has 0 unspecified atom stereocenters. The number of piperazine rings is 1. The maximum atomic E-state index is 16.8. The van der Waals surface area contributed by atoms with Crippen LogP contribution in [0.5, 0.6) is 6.01 Å². The molecule has 2 aromatic carbocycles. The molecule has 1 aliphatic heterocycles. The van der Waals surface area contributed by atoms with Crippen molar-refractivity contribution in [2.45, 2.75) is 45.5 Å². The molecule has 5 rings (SSSR count). The summed E-state index contributed by atoms with van der Waals surface area (Å²) in [6, 6.07) is 3.41. The van der Waals surface area contributed by atoms with E-state index in [9.17, 15) is 18.0 Å². The number of hydrogen-bond acceptors (Lipinski definition) is 7. The minimum absolute atomic E-state index is 0.0788. The molecule has 4 aromatic rings. The highest BCUT2D eigenvalue weighted by Crippen LogP contribution is 2.46. The van der Waals surface area contributed by atoms with Gasteiger partial charge in [0, 0.05) is 48.1 Å². The summed E-state index contributed by atoms with van der Waals surface area (Å²) in [5.41, 5.74) is -1.05. The van der Waals surface area contributed by atoms with Crippen LogP contribution in [-0.2, 0) is 11.0 Å². The minimum Gasteiger partial charge on any atom is -0.463 e. The summed E-state index contributed by atoms with van der Waals surface area (Å²) in [5, 5.41) is 6.98. The number of aryl methyl sites for hydroxylation is 1. The number of carbonyl (C=O) groups excluding carboxylic acids is 1. The molecule has 0 aliphatic carbocycles. The molecule has 1 amide bonds.